The molecule has 6 nitrogen and oxygen atoms in total. The molecule has 0 saturated carbocycles. The van der Waals surface area contributed by atoms with Gasteiger partial charge in [0.15, 0.2) is 0 Å². The Morgan fingerprint density at radius 3 is 2.18 bits per heavy atom. The summed E-state index contributed by atoms with van der Waals surface area (Å²) >= 11 is 0. The molecule has 0 amide bonds. The van der Waals surface area contributed by atoms with E-state index in [0.29, 0.717) is 11.4 Å². The first-order valence-electron chi connectivity index (χ1n) is 8.72. The van der Waals surface area contributed by atoms with Gasteiger partial charge in [-0.15, -0.1) is 0 Å². The molecule has 3 aromatic carbocycles. The third-order valence-electron chi connectivity index (χ3n) is 4.37. The number of rotatable bonds is 6. The van der Waals surface area contributed by atoms with E-state index in [1.54, 1.807) is 24.3 Å². The van der Waals surface area contributed by atoms with Crippen LogP contribution in [-0.4, -0.2) is 26.4 Å². The highest BCUT2D eigenvalue weighted by atomic mass is 32.2. The number of methoxy groups -OCH3 is 1. The molecule has 0 aliphatic carbocycles. The van der Waals surface area contributed by atoms with Crippen molar-refractivity contribution >= 4 is 43.2 Å². The number of ether oxygens (including phenoxy) is 1. The third kappa shape index (κ3) is 3.70. The average molecular weight is 393 g/mol. The number of sulfonamides is 1. The Morgan fingerprint density at radius 1 is 0.893 bits per heavy atom. The summed E-state index contributed by atoms with van der Waals surface area (Å²) in [6.07, 6.45) is 0. The Kier molecular flexibility index (Phi) is 4.75. The maximum absolute atomic E-state index is 12.6. The highest BCUT2D eigenvalue weighted by Crippen LogP contribution is 2.30. The van der Waals surface area contributed by atoms with Crippen molar-refractivity contribution in [3.8, 4) is 5.75 Å². The number of hydrogen-bond acceptors (Lipinski definition) is 5. The van der Waals surface area contributed by atoms with Crippen LogP contribution in [0.1, 0.15) is 0 Å². The van der Waals surface area contributed by atoms with E-state index in [1.165, 1.54) is 7.11 Å². The van der Waals surface area contributed by atoms with Gasteiger partial charge in [-0.25, -0.2) is 13.4 Å². The fourth-order valence-corrected chi connectivity index (χ4v) is 3.99. The number of aromatic nitrogens is 1. The molecular formula is C21H19N3O3S. The minimum Gasteiger partial charge on any atom is -0.497 e. The maximum Gasteiger partial charge on any atom is 0.250 e. The van der Waals surface area contributed by atoms with Crippen molar-refractivity contribution in [2.24, 2.45) is 0 Å². The van der Waals surface area contributed by atoms with Gasteiger partial charge in [-0.1, -0.05) is 42.5 Å². The van der Waals surface area contributed by atoms with E-state index in [2.05, 4.69) is 15.0 Å². The Labute approximate surface area is 163 Å². The van der Waals surface area contributed by atoms with E-state index in [0.717, 1.165) is 27.5 Å². The highest BCUT2D eigenvalue weighted by molar-refractivity contribution is 7.92. The summed E-state index contributed by atoms with van der Waals surface area (Å²) in [6, 6.07) is 22.1. The summed E-state index contributed by atoms with van der Waals surface area (Å²) in [5, 5.41) is 4.84. The topological polar surface area (TPSA) is 80.3 Å². The van der Waals surface area contributed by atoms with E-state index in [-0.39, 0.29) is 5.88 Å². The van der Waals surface area contributed by atoms with Gasteiger partial charge in [0.1, 0.15) is 11.6 Å². The lowest BCUT2D eigenvalue weighted by atomic mass is 10.1. The summed E-state index contributed by atoms with van der Waals surface area (Å²) in [4.78, 5) is 4.65. The molecule has 1 aromatic heterocycles. The molecule has 0 aliphatic rings. The second-order valence-electron chi connectivity index (χ2n) is 6.29. The van der Waals surface area contributed by atoms with Crippen molar-refractivity contribution < 1.29 is 13.2 Å². The number of hydrogen-bond donors (Lipinski definition) is 2. The molecule has 1 heterocycles. The third-order valence-corrected chi connectivity index (χ3v) is 5.44. The Balaban J connectivity index is 1.65. The number of anilines is 2. The molecule has 0 fully saturated rings. The molecule has 4 rings (SSSR count). The zero-order chi connectivity index (χ0) is 19.6. The first-order valence-corrected chi connectivity index (χ1v) is 10.4. The monoisotopic (exact) mass is 393 g/mol. The van der Waals surface area contributed by atoms with Crippen LogP contribution in [0.15, 0.2) is 72.8 Å². The fraction of sp³-hybridized carbons (Fsp3) is 0.0952. The van der Waals surface area contributed by atoms with Crippen molar-refractivity contribution in [1.29, 1.82) is 0 Å². The lowest BCUT2D eigenvalue weighted by Gasteiger charge is -2.14. The molecule has 0 aliphatic heterocycles. The maximum atomic E-state index is 12.6. The fourth-order valence-electron chi connectivity index (χ4n) is 3.10. The molecule has 2 N–H and O–H groups in total. The molecule has 4 aromatic rings. The van der Waals surface area contributed by atoms with Gasteiger partial charge < -0.3 is 10.1 Å². The second kappa shape index (κ2) is 7.36. The van der Waals surface area contributed by atoms with Crippen molar-refractivity contribution in [1.82, 2.24) is 4.98 Å². The molecular weight excluding hydrogens is 374 g/mol. The Bertz CT molecular complexity index is 1200. The second-order valence-corrected chi connectivity index (χ2v) is 8.01. The first-order chi connectivity index (χ1) is 13.6. The van der Waals surface area contributed by atoms with Crippen LogP contribution in [0.5, 0.6) is 5.75 Å². The largest absolute Gasteiger partial charge is 0.497 e. The number of fused-ring (bicyclic) bond motifs is 2. The van der Waals surface area contributed by atoms with E-state index in [9.17, 15) is 8.42 Å². The molecule has 0 atom stereocenters. The number of nitrogens with zero attached hydrogens (tertiary/aromatic N) is 1. The smallest absolute Gasteiger partial charge is 0.250 e. The van der Waals surface area contributed by atoms with E-state index < -0.39 is 10.0 Å². The van der Waals surface area contributed by atoms with Gasteiger partial charge in [0, 0.05) is 16.8 Å². The number of nitrogens with one attached hydrogen (secondary N) is 2. The molecule has 0 bridgehead atoms. The van der Waals surface area contributed by atoms with Gasteiger partial charge in [0.25, 0.3) is 10.0 Å². The molecule has 142 valence electrons. The van der Waals surface area contributed by atoms with Crippen LogP contribution < -0.4 is 14.8 Å². The molecule has 0 spiro atoms. The van der Waals surface area contributed by atoms with Crippen LogP contribution in [0.3, 0.4) is 0 Å². The summed E-state index contributed by atoms with van der Waals surface area (Å²) in [5.74, 6) is 0.307. The highest BCUT2D eigenvalue weighted by Gasteiger charge is 2.14. The van der Waals surface area contributed by atoms with Crippen molar-refractivity contribution in [2.45, 2.75) is 0 Å². The van der Waals surface area contributed by atoms with E-state index in [4.69, 9.17) is 4.74 Å². The molecule has 0 saturated heterocycles. The summed E-state index contributed by atoms with van der Waals surface area (Å²) in [7, 11) is -2.10. The normalized spacial score (nSPS) is 11.5. The zero-order valence-electron chi connectivity index (χ0n) is 15.2. The predicted molar refractivity (Wildman–Crippen MR) is 113 cm³/mol. The van der Waals surface area contributed by atoms with Crippen molar-refractivity contribution in [3.63, 3.8) is 0 Å². The summed E-state index contributed by atoms with van der Waals surface area (Å²) in [5.41, 5.74) is 2.81. The van der Waals surface area contributed by atoms with Crippen LogP contribution in [0.4, 0.5) is 11.4 Å². The molecule has 7 heteroatoms. The predicted octanol–water partition coefficient (Wildman–Crippen LogP) is 4.21. The van der Waals surface area contributed by atoms with Crippen LogP contribution >= 0.6 is 0 Å². The van der Waals surface area contributed by atoms with E-state index >= 15 is 0 Å². The standard InChI is InChI=1S/C21H19N3O3S/c1-27-16-8-6-7-15(13-16)24-28(25,26)14-22-21-17-9-2-4-11-19(17)23-20-12-5-3-10-18(20)21/h2-13,24H,14H2,1H3,(H,22,23). The van der Waals surface area contributed by atoms with Gasteiger partial charge in [-0.2, -0.15) is 0 Å². The number of benzene rings is 3. The quantitative estimate of drug-likeness (QED) is 0.480. The van der Waals surface area contributed by atoms with Gasteiger partial charge in [-0.3, -0.25) is 4.72 Å². The minimum absolute atomic E-state index is 0.276. The SMILES string of the molecule is COc1cccc(NS(=O)(=O)CNc2c3ccccc3nc3ccccc23)c1. The first kappa shape index (κ1) is 18.1. The van der Waals surface area contributed by atoms with Crippen molar-refractivity contribution in [2.75, 3.05) is 23.0 Å². The molecule has 0 radical (unpaired) electrons. The van der Waals surface area contributed by atoms with Crippen LogP contribution in [0, 0.1) is 0 Å². The van der Waals surface area contributed by atoms with Crippen LogP contribution in [0.2, 0.25) is 0 Å². The lowest BCUT2D eigenvalue weighted by molar-refractivity contribution is 0.415. The van der Waals surface area contributed by atoms with E-state index in [1.807, 2.05) is 48.5 Å². The number of para-hydroxylation sites is 2. The van der Waals surface area contributed by atoms with Crippen LogP contribution in [0.25, 0.3) is 21.8 Å². The Morgan fingerprint density at radius 2 is 1.54 bits per heavy atom. The van der Waals surface area contributed by atoms with Gasteiger partial charge in [-0.05, 0) is 24.3 Å². The van der Waals surface area contributed by atoms with Gasteiger partial charge in [0.2, 0.25) is 0 Å². The molecule has 28 heavy (non-hydrogen) atoms. The number of pyridine rings is 1. The average Bonchev–Trinajstić information content (AvgIpc) is 2.71. The van der Waals surface area contributed by atoms with Crippen LogP contribution in [-0.2, 0) is 10.0 Å². The lowest BCUT2D eigenvalue weighted by Crippen LogP contribution is -2.22. The summed E-state index contributed by atoms with van der Waals surface area (Å²) in [6.45, 7) is 0. The molecule has 0 unspecified atom stereocenters. The minimum atomic E-state index is -3.63. The van der Waals surface area contributed by atoms with Gasteiger partial charge >= 0.3 is 0 Å². The zero-order valence-corrected chi connectivity index (χ0v) is 16.0. The summed E-state index contributed by atoms with van der Waals surface area (Å²) < 4.78 is 32.9. The Hall–Kier alpha value is -3.32. The van der Waals surface area contributed by atoms with Crippen molar-refractivity contribution in [3.05, 3.63) is 72.8 Å². The van der Waals surface area contributed by atoms with Gasteiger partial charge in [0.05, 0.1) is 29.5 Å².